The highest BCUT2D eigenvalue weighted by molar-refractivity contribution is 6.60. The summed E-state index contributed by atoms with van der Waals surface area (Å²) in [6.07, 6.45) is 5.00. The SMILES string of the molecule is CCC[Si](OC)(OC)OC(N=C=O)C1CCCCC1(C)NC(N)=O. The largest absolute Gasteiger partial charge is 0.502 e. The first-order valence-electron chi connectivity index (χ1n) is 8.29. The standard InChI is InChI=1S/C15H29N3O5Si/c1-5-10-24(21-3,22-4)23-13(17-11-19)12-8-6-7-9-15(12,2)18-14(16)20/h12-13H,5-10H2,1-4H3,(H3,16,18,20). The molecule has 0 radical (unpaired) electrons. The number of nitrogens with zero attached hydrogens (tertiary/aromatic N) is 1. The van der Waals surface area contributed by atoms with Gasteiger partial charge in [0.15, 0.2) is 6.23 Å². The number of hydrogen-bond donors (Lipinski definition) is 2. The zero-order valence-corrected chi connectivity index (χ0v) is 16.0. The van der Waals surface area contributed by atoms with Crippen molar-refractivity contribution >= 4 is 20.9 Å². The maximum Gasteiger partial charge on any atom is 0.502 e. The normalized spacial score (nSPS) is 25.6. The lowest BCUT2D eigenvalue weighted by molar-refractivity contribution is -0.00743. The summed E-state index contributed by atoms with van der Waals surface area (Å²) in [5.41, 5.74) is 4.72. The number of urea groups is 1. The van der Waals surface area contributed by atoms with Crippen LogP contribution in [0, 0.1) is 5.92 Å². The summed E-state index contributed by atoms with van der Waals surface area (Å²) >= 11 is 0. The summed E-state index contributed by atoms with van der Waals surface area (Å²) < 4.78 is 17.2. The van der Waals surface area contributed by atoms with E-state index in [4.69, 9.17) is 19.0 Å². The number of nitrogens with two attached hydrogens (primary N) is 1. The summed E-state index contributed by atoms with van der Waals surface area (Å²) in [7, 11) is 0.126. The maximum atomic E-state index is 11.4. The Morgan fingerprint density at radius 3 is 2.62 bits per heavy atom. The summed E-state index contributed by atoms with van der Waals surface area (Å²) in [5.74, 6) is -0.214. The second kappa shape index (κ2) is 9.29. The van der Waals surface area contributed by atoms with E-state index in [1.165, 1.54) is 14.2 Å². The minimum absolute atomic E-state index is 0.214. The minimum Gasteiger partial charge on any atom is -0.377 e. The van der Waals surface area contributed by atoms with Gasteiger partial charge in [-0.05, 0) is 19.8 Å². The first-order chi connectivity index (χ1) is 11.4. The van der Waals surface area contributed by atoms with Crippen LogP contribution in [0.25, 0.3) is 0 Å². The molecule has 1 fully saturated rings. The van der Waals surface area contributed by atoms with E-state index in [0.29, 0.717) is 6.04 Å². The van der Waals surface area contributed by atoms with Gasteiger partial charge in [0.05, 0.1) is 0 Å². The van der Waals surface area contributed by atoms with Crippen molar-refractivity contribution in [2.24, 2.45) is 16.6 Å². The predicted molar refractivity (Wildman–Crippen MR) is 90.9 cm³/mol. The van der Waals surface area contributed by atoms with E-state index < -0.39 is 26.6 Å². The molecule has 0 aromatic heterocycles. The van der Waals surface area contributed by atoms with Crippen molar-refractivity contribution in [1.82, 2.24) is 5.32 Å². The molecular weight excluding hydrogens is 330 g/mol. The molecule has 0 aromatic carbocycles. The summed E-state index contributed by atoms with van der Waals surface area (Å²) in [5, 5.41) is 2.80. The van der Waals surface area contributed by atoms with Crippen LogP contribution < -0.4 is 11.1 Å². The molecule has 1 aliphatic carbocycles. The molecule has 1 aliphatic rings. The third kappa shape index (κ3) is 5.12. The summed E-state index contributed by atoms with van der Waals surface area (Å²) in [6.45, 7) is 3.90. The fourth-order valence-corrected chi connectivity index (χ4v) is 5.52. The van der Waals surface area contributed by atoms with Crippen molar-refractivity contribution in [3.8, 4) is 0 Å². The molecule has 3 N–H and O–H groups in total. The molecule has 1 saturated carbocycles. The molecule has 0 bridgehead atoms. The number of rotatable bonds is 9. The third-order valence-corrected chi connectivity index (χ3v) is 7.65. The Morgan fingerprint density at radius 2 is 2.12 bits per heavy atom. The molecule has 3 unspecified atom stereocenters. The quantitative estimate of drug-likeness (QED) is 0.371. The third-order valence-electron chi connectivity index (χ3n) is 4.69. The first-order valence-corrected chi connectivity index (χ1v) is 10.2. The number of carbonyl (C=O) groups is 1. The van der Waals surface area contributed by atoms with Crippen molar-refractivity contribution in [2.75, 3.05) is 14.2 Å². The number of aliphatic imine (C=N–C) groups is 1. The Labute approximate surface area is 144 Å². The molecular formula is C15H29N3O5Si. The van der Waals surface area contributed by atoms with E-state index >= 15 is 0 Å². The van der Waals surface area contributed by atoms with Crippen LogP contribution in [0.4, 0.5) is 4.79 Å². The highest BCUT2D eigenvalue weighted by atomic mass is 28.4. The first kappa shape index (κ1) is 20.8. The van der Waals surface area contributed by atoms with Crippen LogP contribution in [-0.2, 0) is 18.1 Å². The summed E-state index contributed by atoms with van der Waals surface area (Å²) in [4.78, 5) is 26.3. The minimum atomic E-state index is -2.95. The Balaban J connectivity index is 3.11. The number of carbonyl (C=O) groups excluding carboxylic acids is 2. The van der Waals surface area contributed by atoms with E-state index in [2.05, 4.69) is 10.3 Å². The van der Waals surface area contributed by atoms with Gasteiger partial charge in [-0.1, -0.05) is 26.2 Å². The number of nitrogens with one attached hydrogen (secondary N) is 1. The number of hydrogen-bond acceptors (Lipinski definition) is 6. The second-order valence-electron chi connectivity index (χ2n) is 6.33. The van der Waals surface area contributed by atoms with E-state index in [1.807, 2.05) is 13.8 Å². The molecule has 1 rings (SSSR count). The zero-order chi connectivity index (χ0) is 18.2. The van der Waals surface area contributed by atoms with Crippen molar-refractivity contribution in [3.63, 3.8) is 0 Å². The Bertz CT molecular complexity index is 468. The van der Waals surface area contributed by atoms with Gasteiger partial charge < -0.3 is 24.3 Å². The molecule has 0 saturated heterocycles. The van der Waals surface area contributed by atoms with Gasteiger partial charge >= 0.3 is 14.8 Å². The van der Waals surface area contributed by atoms with Gasteiger partial charge in [0, 0.05) is 31.7 Å². The average molecular weight is 359 g/mol. The Morgan fingerprint density at radius 1 is 1.46 bits per heavy atom. The van der Waals surface area contributed by atoms with Crippen LogP contribution >= 0.6 is 0 Å². The van der Waals surface area contributed by atoms with Crippen LogP contribution in [0.5, 0.6) is 0 Å². The van der Waals surface area contributed by atoms with Gasteiger partial charge in [-0.2, -0.15) is 4.99 Å². The average Bonchev–Trinajstić information content (AvgIpc) is 2.53. The van der Waals surface area contributed by atoms with E-state index in [1.54, 1.807) is 6.08 Å². The highest BCUT2D eigenvalue weighted by Gasteiger charge is 2.48. The predicted octanol–water partition coefficient (Wildman–Crippen LogP) is 1.92. The molecule has 2 amide bonds. The molecule has 0 spiro atoms. The van der Waals surface area contributed by atoms with Crippen molar-refractivity contribution < 1.29 is 22.9 Å². The molecule has 0 heterocycles. The molecule has 0 aromatic rings. The lowest BCUT2D eigenvalue weighted by Gasteiger charge is -2.45. The van der Waals surface area contributed by atoms with Crippen LogP contribution in [0.1, 0.15) is 46.0 Å². The summed E-state index contributed by atoms with van der Waals surface area (Å²) in [6, 6.07) is 0.00571. The molecule has 8 nitrogen and oxygen atoms in total. The lowest BCUT2D eigenvalue weighted by Crippen LogP contribution is -2.59. The van der Waals surface area contributed by atoms with E-state index in [9.17, 15) is 9.59 Å². The molecule has 138 valence electrons. The zero-order valence-electron chi connectivity index (χ0n) is 15.0. The van der Waals surface area contributed by atoms with E-state index in [-0.39, 0.29) is 5.92 Å². The second-order valence-corrected chi connectivity index (χ2v) is 9.25. The van der Waals surface area contributed by atoms with Gasteiger partial charge in [-0.25, -0.2) is 9.59 Å². The van der Waals surface area contributed by atoms with Crippen molar-refractivity contribution in [1.29, 1.82) is 0 Å². The molecule has 24 heavy (non-hydrogen) atoms. The fourth-order valence-electron chi connectivity index (χ4n) is 3.44. The topological polar surface area (TPSA) is 112 Å². The van der Waals surface area contributed by atoms with E-state index in [0.717, 1.165) is 32.1 Å². The molecule has 9 heteroatoms. The smallest absolute Gasteiger partial charge is 0.377 e. The van der Waals surface area contributed by atoms with Gasteiger partial charge in [-0.15, -0.1) is 0 Å². The fraction of sp³-hybridized carbons (Fsp3) is 0.867. The highest BCUT2D eigenvalue weighted by Crippen LogP contribution is 2.38. The number of isocyanates is 1. The van der Waals surface area contributed by atoms with Crippen LogP contribution in [0.15, 0.2) is 4.99 Å². The maximum absolute atomic E-state index is 11.4. The Kier molecular flexibility index (Phi) is 8.05. The Hall–Kier alpha value is -1.25. The lowest BCUT2D eigenvalue weighted by atomic mass is 9.73. The van der Waals surface area contributed by atoms with Gasteiger partial charge in [0.25, 0.3) is 0 Å². The molecule has 0 aliphatic heterocycles. The van der Waals surface area contributed by atoms with Gasteiger partial charge in [0.1, 0.15) is 0 Å². The van der Waals surface area contributed by atoms with Crippen LogP contribution in [-0.4, -0.2) is 46.9 Å². The number of amides is 2. The van der Waals surface area contributed by atoms with Crippen LogP contribution in [0.2, 0.25) is 6.04 Å². The number of primary amides is 1. The van der Waals surface area contributed by atoms with Crippen molar-refractivity contribution in [3.05, 3.63) is 0 Å². The monoisotopic (exact) mass is 359 g/mol. The molecule has 3 atom stereocenters. The van der Waals surface area contributed by atoms with Crippen molar-refractivity contribution in [2.45, 2.75) is 63.8 Å². The van der Waals surface area contributed by atoms with Gasteiger partial charge in [0.2, 0.25) is 6.08 Å². The van der Waals surface area contributed by atoms with Crippen LogP contribution in [0.3, 0.4) is 0 Å². The van der Waals surface area contributed by atoms with Gasteiger partial charge in [-0.3, -0.25) is 0 Å².